The van der Waals surface area contributed by atoms with Crippen LogP contribution in [0.25, 0.3) is 33.5 Å². The zero-order chi connectivity index (χ0) is 24.3. The third-order valence-electron chi connectivity index (χ3n) is 6.91. The second-order valence-electron chi connectivity index (χ2n) is 9.42. The summed E-state index contributed by atoms with van der Waals surface area (Å²) in [5.41, 5.74) is 7.27. The number of carbonyl (C=O) groups is 1. The van der Waals surface area contributed by atoms with E-state index < -0.39 is 0 Å². The molecule has 1 aliphatic rings. The Balaban J connectivity index is 1.25. The number of benzene rings is 3. The van der Waals surface area contributed by atoms with Gasteiger partial charge < -0.3 is 15.3 Å². The van der Waals surface area contributed by atoms with E-state index in [9.17, 15) is 4.79 Å². The number of nitrogens with zero attached hydrogens (tertiary/aromatic N) is 2. The van der Waals surface area contributed by atoms with Gasteiger partial charge in [-0.15, -0.1) is 0 Å². The van der Waals surface area contributed by atoms with E-state index in [1.165, 1.54) is 37.9 Å². The highest BCUT2D eigenvalue weighted by molar-refractivity contribution is 6.10. The third-order valence-corrected chi connectivity index (χ3v) is 6.91. The molecule has 0 atom stereocenters. The first kappa shape index (κ1) is 22.3. The van der Waals surface area contributed by atoms with Gasteiger partial charge in [0.1, 0.15) is 5.82 Å². The van der Waals surface area contributed by atoms with Crippen LogP contribution >= 0.6 is 0 Å². The number of piperidine rings is 1. The van der Waals surface area contributed by atoms with E-state index >= 15 is 0 Å². The summed E-state index contributed by atoms with van der Waals surface area (Å²) in [7, 11) is 0. The van der Waals surface area contributed by atoms with Crippen molar-refractivity contribution in [2.75, 3.05) is 18.4 Å². The van der Waals surface area contributed by atoms with Crippen LogP contribution in [-0.4, -0.2) is 38.8 Å². The number of imidazole rings is 1. The Morgan fingerprint density at radius 3 is 2.56 bits per heavy atom. The number of carbonyl (C=O) groups excluding carboxylic acids is 1. The lowest BCUT2D eigenvalue weighted by Crippen LogP contribution is -2.29. The lowest BCUT2D eigenvalue weighted by Gasteiger charge is -2.26. The topological polar surface area (TPSA) is 76.8 Å². The molecule has 0 unspecified atom stereocenters. The number of nitrogens with one attached hydrogen (secondary N) is 3. The highest BCUT2D eigenvalue weighted by Gasteiger charge is 2.17. The van der Waals surface area contributed by atoms with E-state index in [0.717, 1.165) is 40.1 Å². The molecular formula is C30H29N5O. The highest BCUT2D eigenvalue weighted by Crippen LogP contribution is 2.30. The summed E-state index contributed by atoms with van der Waals surface area (Å²) < 4.78 is 0. The summed E-state index contributed by atoms with van der Waals surface area (Å²) in [6.07, 6.45) is 7.58. The molecule has 0 saturated carbocycles. The number of anilines is 1. The summed E-state index contributed by atoms with van der Waals surface area (Å²) in [5, 5.41) is 3.09. The van der Waals surface area contributed by atoms with Crippen molar-refractivity contribution in [1.29, 1.82) is 0 Å². The standard InChI is InChI=1S/C30H29N5O/c36-30(24-12-6-5-11-23(24)22-9-3-1-4-10-22)34-28-19-31-18-25(28)29-32-26-14-13-21(17-27(26)33-29)20-35-15-7-2-8-16-35/h1,3-6,9-14,17-19,31H,2,7-8,15-16,20H2,(H,32,33)(H,34,36). The highest BCUT2D eigenvalue weighted by atomic mass is 16.1. The van der Waals surface area contributed by atoms with Crippen LogP contribution in [0.5, 0.6) is 0 Å². The molecule has 3 N–H and O–H groups in total. The smallest absolute Gasteiger partial charge is 0.256 e. The molecule has 6 rings (SSSR count). The Hall–Kier alpha value is -4.16. The first-order valence-electron chi connectivity index (χ1n) is 12.6. The van der Waals surface area contributed by atoms with Gasteiger partial charge in [0.05, 0.1) is 22.3 Å². The third kappa shape index (κ3) is 4.55. The Morgan fingerprint density at radius 2 is 1.69 bits per heavy atom. The van der Waals surface area contributed by atoms with E-state index in [0.29, 0.717) is 11.3 Å². The van der Waals surface area contributed by atoms with Crippen molar-refractivity contribution in [2.45, 2.75) is 25.8 Å². The molecule has 1 fully saturated rings. The SMILES string of the molecule is O=C(Nc1c[nH]cc1-c1nc2ccc(CN3CCCCC3)cc2[nH]1)c1ccccc1-c1ccccc1. The molecule has 3 heterocycles. The molecule has 6 heteroatoms. The van der Waals surface area contributed by atoms with Gasteiger partial charge >= 0.3 is 0 Å². The van der Waals surface area contributed by atoms with Crippen molar-refractivity contribution < 1.29 is 4.79 Å². The largest absolute Gasteiger partial charge is 0.365 e. The zero-order valence-electron chi connectivity index (χ0n) is 20.1. The van der Waals surface area contributed by atoms with Gasteiger partial charge in [-0.2, -0.15) is 0 Å². The summed E-state index contributed by atoms with van der Waals surface area (Å²) in [6.45, 7) is 3.31. The van der Waals surface area contributed by atoms with Crippen molar-refractivity contribution in [3.05, 3.63) is 96.3 Å². The van der Waals surface area contributed by atoms with Gasteiger partial charge in [0.2, 0.25) is 0 Å². The molecule has 1 aliphatic heterocycles. The van der Waals surface area contributed by atoms with Crippen molar-refractivity contribution in [3.63, 3.8) is 0 Å². The maximum absolute atomic E-state index is 13.3. The van der Waals surface area contributed by atoms with Gasteiger partial charge in [0, 0.05) is 24.5 Å². The molecule has 180 valence electrons. The lowest BCUT2D eigenvalue weighted by molar-refractivity contribution is 0.102. The predicted octanol–water partition coefficient (Wildman–Crippen LogP) is 6.46. The van der Waals surface area contributed by atoms with E-state index in [2.05, 4.69) is 38.4 Å². The fourth-order valence-corrected chi connectivity index (χ4v) is 5.06. The minimum Gasteiger partial charge on any atom is -0.365 e. The van der Waals surface area contributed by atoms with E-state index in [-0.39, 0.29) is 5.91 Å². The molecule has 3 aromatic carbocycles. The number of aromatic nitrogens is 3. The summed E-state index contributed by atoms with van der Waals surface area (Å²) in [4.78, 5) is 27.3. The molecule has 1 amide bonds. The van der Waals surface area contributed by atoms with E-state index in [4.69, 9.17) is 4.98 Å². The van der Waals surface area contributed by atoms with Crippen molar-refractivity contribution in [2.24, 2.45) is 0 Å². The zero-order valence-corrected chi connectivity index (χ0v) is 20.1. The summed E-state index contributed by atoms with van der Waals surface area (Å²) >= 11 is 0. The maximum atomic E-state index is 13.3. The monoisotopic (exact) mass is 475 g/mol. The number of amides is 1. The second kappa shape index (κ2) is 9.84. The molecule has 36 heavy (non-hydrogen) atoms. The van der Waals surface area contributed by atoms with Crippen LogP contribution in [0.2, 0.25) is 0 Å². The van der Waals surface area contributed by atoms with Crippen LogP contribution in [-0.2, 0) is 6.54 Å². The Bertz CT molecular complexity index is 1490. The molecule has 1 saturated heterocycles. The second-order valence-corrected chi connectivity index (χ2v) is 9.42. The Kier molecular flexibility index (Phi) is 6.10. The molecule has 0 spiro atoms. The molecule has 6 nitrogen and oxygen atoms in total. The number of H-pyrrole nitrogens is 2. The molecule has 0 aliphatic carbocycles. The number of hydrogen-bond donors (Lipinski definition) is 3. The number of likely N-dealkylation sites (tertiary alicyclic amines) is 1. The lowest BCUT2D eigenvalue weighted by atomic mass is 9.99. The quantitative estimate of drug-likeness (QED) is 0.264. The molecule has 0 bridgehead atoms. The van der Waals surface area contributed by atoms with Crippen LogP contribution < -0.4 is 5.32 Å². The van der Waals surface area contributed by atoms with Crippen LogP contribution in [0.15, 0.2) is 85.2 Å². The molecule has 2 aromatic heterocycles. The summed E-state index contributed by atoms with van der Waals surface area (Å²) in [5.74, 6) is 0.572. The van der Waals surface area contributed by atoms with Gasteiger partial charge in [0.15, 0.2) is 0 Å². The fourth-order valence-electron chi connectivity index (χ4n) is 5.06. The maximum Gasteiger partial charge on any atom is 0.256 e. The van der Waals surface area contributed by atoms with Gasteiger partial charge in [-0.1, -0.05) is 61.0 Å². The summed E-state index contributed by atoms with van der Waals surface area (Å²) in [6, 6.07) is 24.1. The van der Waals surface area contributed by atoms with Crippen molar-refractivity contribution >= 4 is 22.6 Å². The minimum atomic E-state index is -0.157. The van der Waals surface area contributed by atoms with Gasteiger partial charge in [-0.05, 0) is 60.8 Å². The molecule has 5 aromatic rings. The number of aromatic amines is 2. The average molecular weight is 476 g/mol. The molecule has 0 radical (unpaired) electrons. The van der Waals surface area contributed by atoms with Crippen LogP contribution in [0.3, 0.4) is 0 Å². The van der Waals surface area contributed by atoms with Gasteiger partial charge in [-0.25, -0.2) is 4.98 Å². The minimum absolute atomic E-state index is 0.157. The first-order valence-corrected chi connectivity index (χ1v) is 12.6. The first-order chi connectivity index (χ1) is 17.7. The van der Waals surface area contributed by atoms with Crippen LogP contribution in [0, 0.1) is 0 Å². The molecular weight excluding hydrogens is 446 g/mol. The van der Waals surface area contributed by atoms with Gasteiger partial charge in [-0.3, -0.25) is 9.69 Å². The van der Waals surface area contributed by atoms with E-state index in [1.54, 1.807) is 6.20 Å². The van der Waals surface area contributed by atoms with Crippen molar-refractivity contribution in [1.82, 2.24) is 19.9 Å². The Labute approximate surface area is 210 Å². The number of hydrogen-bond acceptors (Lipinski definition) is 3. The van der Waals surface area contributed by atoms with Crippen LogP contribution in [0.1, 0.15) is 35.2 Å². The van der Waals surface area contributed by atoms with Crippen molar-refractivity contribution in [3.8, 4) is 22.5 Å². The Morgan fingerprint density at radius 1 is 0.889 bits per heavy atom. The number of rotatable bonds is 6. The fraction of sp³-hybridized carbons (Fsp3) is 0.200. The average Bonchev–Trinajstić information content (AvgIpc) is 3.56. The van der Waals surface area contributed by atoms with E-state index in [1.807, 2.05) is 60.8 Å². The number of fused-ring (bicyclic) bond motifs is 1. The predicted molar refractivity (Wildman–Crippen MR) is 145 cm³/mol. The van der Waals surface area contributed by atoms with Crippen LogP contribution in [0.4, 0.5) is 5.69 Å². The normalized spacial score (nSPS) is 14.2. The van der Waals surface area contributed by atoms with Gasteiger partial charge in [0.25, 0.3) is 5.91 Å².